The second-order valence-corrected chi connectivity index (χ2v) is 8.05. The minimum Gasteiger partial charge on any atom is -0.294 e. The summed E-state index contributed by atoms with van der Waals surface area (Å²) < 4.78 is 26.8. The minimum atomic E-state index is -0.833. The first-order chi connectivity index (χ1) is 14.5. The number of hydrogen-bond donors (Lipinski definition) is 0. The molecule has 31 heavy (non-hydrogen) atoms. The third-order valence-corrected chi connectivity index (χ3v) is 5.42. The molecule has 0 saturated heterocycles. The molecule has 1 saturated carbocycles. The molecule has 1 aliphatic rings. The number of aryl methyl sites for hydroxylation is 1. The van der Waals surface area contributed by atoms with Gasteiger partial charge in [-0.1, -0.05) is 35.9 Å². The van der Waals surface area contributed by atoms with E-state index in [1.54, 1.807) is 18.5 Å². The van der Waals surface area contributed by atoms with Crippen molar-refractivity contribution in [3.05, 3.63) is 100 Å². The Morgan fingerprint density at radius 2 is 1.61 bits per heavy atom. The Bertz CT molecular complexity index is 1050. The summed E-state index contributed by atoms with van der Waals surface area (Å²) in [5.74, 6) is -1.62. The first-order valence-electron chi connectivity index (χ1n) is 10.2. The van der Waals surface area contributed by atoms with E-state index >= 15 is 0 Å². The summed E-state index contributed by atoms with van der Waals surface area (Å²) in [4.78, 5) is 19.2. The SMILES string of the molecule is Cc1ccc(CC(=O)c2cncc(CN(Cc3ccc(F)c(F)c3)C3CC3)c2)cc1.Cl. The standard InChI is InChI=1S/C25H24F2N2O.ClH/c1-17-2-4-18(5-3-17)12-25(30)21-10-20(13-28-14-21)16-29(22-7-8-22)15-19-6-9-23(26)24(27)11-19;/h2-6,9-11,13-14,22H,7-8,12,15-16H2,1H3;1H. The normalized spacial score (nSPS) is 13.2. The maximum atomic E-state index is 13.6. The maximum Gasteiger partial charge on any atom is 0.168 e. The molecule has 0 N–H and O–H groups in total. The molecule has 1 aromatic heterocycles. The van der Waals surface area contributed by atoms with Gasteiger partial charge in [0, 0.05) is 43.5 Å². The summed E-state index contributed by atoms with van der Waals surface area (Å²) in [5.41, 5.74) is 4.42. The van der Waals surface area contributed by atoms with Gasteiger partial charge in [0.2, 0.25) is 0 Å². The van der Waals surface area contributed by atoms with E-state index in [1.807, 2.05) is 37.3 Å². The highest BCUT2D eigenvalue weighted by molar-refractivity contribution is 5.97. The predicted octanol–water partition coefficient (Wildman–Crippen LogP) is 5.68. The average molecular weight is 443 g/mol. The van der Waals surface area contributed by atoms with Crippen molar-refractivity contribution >= 4 is 18.2 Å². The Morgan fingerprint density at radius 1 is 0.935 bits per heavy atom. The van der Waals surface area contributed by atoms with Crippen molar-refractivity contribution in [1.82, 2.24) is 9.88 Å². The number of rotatable bonds is 8. The minimum absolute atomic E-state index is 0. The van der Waals surface area contributed by atoms with Gasteiger partial charge in [0.25, 0.3) is 0 Å². The van der Waals surface area contributed by atoms with Crippen LogP contribution in [0.2, 0.25) is 0 Å². The van der Waals surface area contributed by atoms with Crippen LogP contribution in [0, 0.1) is 18.6 Å². The molecular weight excluding hydrogens is 418 g/mol. The number of Topliss-reactive ketones (excluding diaryl/α,β-unsaturated/α-hetero) is 1. The van der Waals surface area contributed by atoms with E-state index in [1.165, 1.54) is 12.1 Å². The van der Waals surface area contributed by atoms with Gasteiger partial charge in [-0.25, -0.2) is 8.78 Å². The van der Waals surface area contributed by atoms with Crippen LogP contribution in [-0.4, -0.2) is 21.7 Å². The molecule has 0 unspecified atom stereocenters. The zero-order chi connectivity index (χ0) is 21.1. The van der Waals surface area contributed by atoms with Gasteiger partial charge >= 0.3 is 0 Å². The lowest BCUT2D eigenvalue weighted by atomic mass is 10.0. The van der Waals surface area contributed by atoms with E-state index < -0.39 is 11.6 Å². The lowest BCUT2D eigenvalue weighted by Crippen LogP contribution is -2.25. The molecule has 1 fully saturated rings. The van der Waals surface area contributed by atoms with E-state index in [-0.39, 0.29) is 18.2 Å². The smallest absolute Gasteiger partial charge is 0.168 e. The number of ketones is 1. The largest absolute Gasteiger partial charge is 0.294 e. The Hall–Kier alpha value is -2.63. The molecular formula is C25H25ClF2N2O. The van der Waals surface area contributed by atoms with Gasteiger partial charge in [0.05, 0.1) is 0 Å². The van der Waals surface area contributed by atoms with Crippen LogP contribution in [0.1, 0.15) is 45.5 Å². The van der Waals surface area contributed by atoms with E-state index in [9.17, 15) is 13.6 Å². The number of carbonyl (C=O) groups is 1. The van der Waals surface area contributed by atoms with Crippen LogP contribution in [0.4, 0.5) is 8.78 Å². The quantitative estimate of drug-likeness (QED) is 0.421. The van der Waals surface area contributed by atoms with E-state index in [4.69, 9.17) is 0 Å². The predicted molar refractivity (Wildman–Crippen MR) is 119 cm³/mol. The highest BCUT2D eigenvalue weighted by Gasteiger charge is 2.29. The fourth-order valence-electron chi connectivity index (χ4n) is 3.58. The van der Waals surface area contributed by atoms with Crippen molar-refractivity contribution in [2.24, 2.45) is 0 Å². The van der Waals surface area contributed by atoms with Gasteiger partial charge in [-0.05, 0) is 54.7 Å². The zero-order valence-electron chi connectivity index (χ0n) is 17.4. The summed E-state index contributed by atoms with van der Waals surface area (Å²) >= 11 is 0. The average Bonchev–Trinajstić information content (AvgIpc) is 3.57. The van der Waals surface area contributed by atoms with Crippen LogP contribution in [-0.2, 0) is 19.5 Å². The molecule has 3 aromatic rings. The maximum absolute atomic E-state index is 13.6. The molecule has 6 heteroatoms. The molecule has 1 aliphatic carbocycles. The van der Waals surface area contributed by atoms with Gasteiger partial charge in [0.1, 0.15) is 0 Å². The molecule has 3 nitrogen and oxygen atoms in total. The monoisotopic (exact) mass is 442 g/mol. The number of benzene rings is 2. The first-order valence-corrected chi connectivity index (χ1v) is 10.2. The van der Waals surface area contributed by atoms with Gasteiger partial charge < -0.3 is 0 Å². The van der Waals surface area contributed by atoms with Gasteiger partial charge in [0.15, 0.2) is 17.4 Å². The first kappa shape index (κ1) is 23.0. The molecule has 0 radical (unpaired) electrons. The Labute approximate surface area is 187 Å². The van der Waals surface area contributed by atoms with Crippen LogP contribution in [0.5, 0.6) is 0 Å². The second-order valence-electron chi connectivity index (χ2n) is 8.05. The summed E-state index contributed by atoms with van der Waals surface area (Å²) in [6, 6.07) is 14.3. The fourth-order valence-corrected chi connectivity index (χ4v) is 3.58. The number of aromatic nitrogens is 1. The Balaban J connectivity index is 0.00000272. The number of hydrogen-bond acceptors (Lipinski definition) is 3. The molecule has 4 rings (SSSR count). The molecule has 162 valence electrons. The summed E-state index contributed by atoms with van der Waals surface area (Å²) in [7, 11) is 0. The zero-order valence-corrected chi connectivity index (χ0v) is 18.2. The summed E-state index contributed by atoms with van der Waals surface area (Å²) in [5, 5.41) is 0. The molecule has 1 heterocycles. The Morgan fingerprint density at radius 3 is 2.29 bits per heavy atom. The lowest BCUT2D eigenvalue weighted by Gasteiger charge is -2.22. The summed E-state index contributed by atoms with van der Waals surface area (Å²) in [6.07, 6.45) is 5.89. The van der Waals surface area contributed by atoms with Crippen LogP contribution in [0.25, 0.3) is 0 Å². The molecule has 0 bridgehead atoms. The van der Waals surface area contributed by atoms with Crippen molar-refractivity contribution in [2.45, 2.75) is 45.3 Å². The van der Waals surface area contributed by atoms with Gasteiger partial charge in [-0.2, -0.15) is 0 Å². The lowest BCUT2D eigenvalue weighted by molar-refractivity contribution is 0.0992. The van der Waals surface area contributed by atoms with Crippen LogP contribution >= 0.6 is 12.4 Å². The molecule has 0 amide bonds. The second kappa shape index (κ2) is 10.1. The van der Waals surface area contributed by atoms with Crippen LogP contribution in [0.3, 0.4) is 0 Å². The Kier molecular flexibility index (Phi) is 7.52. The molecule has 0 atom stereocenters. The topological polar surface area (TPSA) is 33.2 Å². The number of halogens is 3. The van der Waals surface area contributed by atoms with Crippen LogP contribution in [0.15, 0.2) is 60.9 Å². The van der Waals surface area contributed by atoms with Gasteiger partial charge in [-0.3, -0.25) is 14.7 Å². The van der Waals surface area contributed by atoms with E-state index in [0.717, 1.165) is 35.1 Å². The van der Waals surface area contributed by atoms with E-state index in [0.29, 0.717) is 31.1 Å². The van der Waals surface area contributed by atoms with Crippen molar-refractivity contribution < 1.29 is 13.6 Å². The van der Waals surface area contributed by atoms with Crippen LogP contribution < -0.4 is 0 Å². The number of pyridine rings is 1. The highest BCUT2D eigenvalue weighted by atomic mass is 35.5. The molecule has 2 aromatic carbocycles. The fraction of sp³-hybridized carbons (Fsp3) is 0.280. The molecule has 0 spiro atoms. The summed E-state index contributed by atoms with van der Waals surface area (Å²) in [6.45, 7) is 3.16. The van der Waals surface area contributed by atoms with Crippen molar-refractivity contribution in [3.8, 4) is 0 Å². The van der Waals surface area contributed by atoms with Crippen molar-refractivity contribution in [2.75, 3.05) is 0 Å². The van der Waals surface area contributed by atoms with E-state index in [2.05, 4.69) is 9.88 Å². The third kappa shape index (κ3) is 6.18. The third-order valence-electron chi connectivity index (χ3n) is 5.42. The van der Waals surface area contributed by atoms with Crippen molar-refractivity contribution in [3.63, 3.8) is 0 Å². The number of nitrogens with zero attached hydrogens (tertiary/aromatic N) is 2. The molecule has 0 aliphatic heterocycles. The highest BCUT2D eigenvalue weighted by Crippen LogP contribution is 2.30. The van der Waals surface area contributed by atoms with Gasteiger partial charge in [-0.15, -0.1) is 12.4 Å². The van der Waals surface area contributed by atoms with Crippen molar-refractivity contribution in [1.29, 1.82) is 0 Å². The number of carbonyl (C=O) groups excluding carboxylic acids is 1.